The van der Waals surface area contributed by atoms with Crippen molar-refractivity contribution in [1.29, 1.82) is 0 Å². The van der Waals surface area contributed by atoms with Crippen LogP contribution in [0.2, 0.25) is 0 Å². The second-order valence-corrected chi connectivity index (χ2v) is 3.81. The normalized spacial score (nSPS) is 12.4. The van der Waals surface area contributed by atoms with Gasteiger partial charge in [0.25, 0.3) is 0 Å². The van der Waals surface area contributed by atoms with Gasteiger partial charge in [0.1, 0.15) is 11.6 Å². The van der Waals surface area contributed by atoms with E-state index in [0.717, 1.165) is 0 Å². The molecule has 0 aliphatic carbocycles. The minimum atomic E-state index is -0.878. The van der Waals surface area contributed by atoms with E-state index in [1.165, 1.54) is 18.2 Å². The summed E-state index contributed by atoms with van der Waals surface area (Å²) >= 11 is 0. The van der Waals surface area contributed by atoms with Gasteiger partial charge in [-0.25, -0.2) is 8.78 Å². The van der Waals surface area contributed by atoms with Crippen LogP contribution in [0.4, 0.5) is 8.78 Å². The van der Waals surface area contributed by atoms with Crippen molar-refractivity contribution in [2.75, 3.05) is 6.54 Å². The van der Waals surface area contributed by atoms with Crippen molar-refractivity contribution >= 4 is 5.97 Å². The molecule has 1 aromatic rings. The molecule has 0 saturated carbocycles. The SMILES string of the molecule is CC(NCCCC(=O)O)c1c(F)cccc1F. The number of aliphatic carboxylic acids is 1. The van der Waals surface area contributed by atoms with E-state index in [-0.39, 0.29) is 12.0 Å². The summed E-state index contributed by atoms with van der Waals surface area (Å²) in [5.41, 5.74) is -0.0113. The van der Waals surface area contributed by atoms with Crippen molar-refractivity contribution in [2.45, 2.75) is 25.8 Å². The van der Waals surface area contributed by atoms with Gasteiger partial charge in [-0.15, -0.1) is 0 Å². The van der Waals surface area contributed by atoms with Gasteiger partial charge in [0.05, 0.1) is 0 Å². The Morgan fingerprint density at radius 1 is 1.41 bits per heavy atom. The highest BCUT2D eigenvalue weighted by atomic mass is 19.1. The maximum Gasteiger partial charge on any atom is 0.303 e. The molecule has 0 heterocycles. The molecule has 0 bridgehead atoms. The fourth-order valence-corrected chi connectivity index (χ4v) is 1.58. The molecular formula is C12H15F2NO2. The molecule has 1 rings (SSSR count). The summed E-state index contributed by atoms with van der Waals surface area (Å²) in [6, 6.07) is 3.23. The summed E-state index contributed by atoms with van der Waals surface area (Å²) in [5, 5.41) is 11.3. The predicted octanol–water partition coefficient (Wildman–Crippen LogP) is 2.48. The third-order valence-electron chi connectivity index (χ3n) is 2.45. The van der Waals surface area contributed by atoms with Crippen LogP contribution < -0.4 is 5.32 Å². The predicted molar refractivity (Wildman–Crippen MR) is 59.6 cm³/mol. The van der Waals surface area contributed by atoms with Gasteiger partial charge in [-0.2, -0.15) is 0 Å². The van der Waals surface area contributed by atoms with Crippen molar-refractivity contribution in [3.63, 3.8) is 0 Å². The van der Waals surface area contributed by atoms with E-state index >= 15 is 0 Å². The first-order valence-corrected chi connectivity index (χ1v) is 5.41. The number of carboxylic acids is 1. The monoisotopic (exact) mass is 243 g/mol. The maximum atomic E-state index is 13.4. The number of hydrogen-bond acceptors (Lipinski definition) is 2. The van der Waals surface area contributed by atoms with Gasteiger partial charge in [0.15, 0.2) is 0 Å². The summed E-state index contributed by atoms with van der Waals surface area (Å²) in [6.07, 6.45) is 0.467. The molecule has 1 aromatic carbocycles. The molecule has 0 spiro atoms. The van der Waals surface area contributed by atoms with Crippen LogP contribution in [-0.4, -0.2) is 17.6 Å². The Balaban J connectivity index is 2.52. The number of carbonyl (C=O) groups is 1. The van der Waals surface area contributed by atoms with Crippen molar-refractivity contribution in [3.8, 4) is 0 Å². The Kier molecular flexibility index (Phi) is 5.03. The molecule has 0 radical (unpaired) electrons. The minimum absolute atomic E-state index is 0.0113. The molecule has 0 aromatic heterocycles. The second kappa shape index (κ2) is 6.30. The summed E-state index contributed by atoms with van der Waals surface area (Å²) in [6.45, 7) is 2.05. The van der Waals surface area contributed by atoms with Crippen LogP contribution in [-0.2, 0) is 4.79 Å². The van der Waals surface area contributed by atoms with Crippen molar-refractivity contribution < 1.29 is 18.7 Å². The average Bonchev–Trinajstić information content (AvgIpc) is 2.24. The molecule has 2 N–H and O–H groups in total. The molecule has 1 unspecified atom stereocenters. The van der Waals surface area contributed by atoms with Gasteiger partial charge in [-0.3, -0.25) is 4.79 Å². The third kappa shape index (κ3) is 4.11. The Hall–Kier alpha value is -1.49. The smallest absolute Gasteiger partial charge is 0.303 e. The van der Waals surface area contributed by atoms with Crippen LogP contribution in [0, 0.1) is 11.6 Å². The highest BCUT2D eigenvalue weighted by Gasteiger charge is 2.14. The molecule has 1 atom stereocenters. The molecule has 0 saturated heterocycles. The van der Waals surface area contributed by atoms with Gasteiger partial charge < -0.3 is 10.4 Å². The summed E-state index contributed by atoms with van der Waals surface area (Å²) < 4.78 is 26.7. The topological polar surface area (TPSA) is 49.3 Å². The highest BCUT2D eigenvalue weighted by Crippen LogP contribution is 2.19. The molecule has 0 amide bonds. The van der Waals surface area contributed by atoms with Gasteiger partial charge in [-0.1, -0.05) is 6.07 Å². The number of hydrogen-bond donors (Lipinski definition) is 2. The van der Waals surface area contributed by atoms with E-state index in [2.05, 4.69) is 5.32 Å². The second-order valence-electron chi connectivity index (χ2n) is 3.81. The quantitative estimate of drug-likeness (QED) is 0.755. The van der Waals surface area contributed by atoms with Crippen molar-refractivity contribution in [3.05, 3.63) is 35.4 Å². The first-order valence-electron chi connectivity index (χ1n) is 5.41. The fourth-order valence-electron chi connectivity index (χ4n) is 1.58. The number of carboxylic acid groups (broad SMARTS) is 1. The van der Waals surface area contributed by atoms with Crippen LogP contribution in [0.25, 0.3) is 0 Å². The Labute approximate surface area is 98.5 Å². The van der Waals surface area contributed by atoms with Crippen molar-refractivity contribution in [2.24, 2.45) is 0 Å². The zero-order valence-corrected chi connectivity index (χ0v) is 9.54. The van der Waals surface area contributed by atoms with Gasteiger partial charge in [0, 0.05) is 18.0 Å². The van der Waals surface area contributed by atoms with E-state index < -0.39 is 23.6 Å². The van der Waals surface area contributed by atoms with Crippen LogP contribution in [0.1, 0.15) is 31.4 Å². The lowest BCUT2D eigenvalue weighted by Gasteiger charge is -2.15. The Morgan fingerprint density at radius 3 is 2.53 bits per heavy atom. The zero-order chi connectivity index (χ0) is 12.8. The maximum absolute atomic E-state index is 13.4. The summed E-state index contributed by atoms with van der Waals surface area (Å²) in [7, 11) is 0. The lowest BCUT2D eigenvalue weighted by molar-refractivity contribution is -0.137. The van der Waals surface area contributed by atoms with Crippen molar-refractivity contribution in [1.82, 2.24) is 5.32 Å². The number of benzene rings is 1. The van der Waals surface area contributed by atoms with Gasteiger partial charge in [-0.05, 0) is 32.0 Å². The Bertz CT molecular complexity index is 376. The summed E-state index contributed by atoms with van der Waals surface area (Å²) in [5.74, 6) is -2.07. The highest BCUT2D eigenvalue weighted by molar-refractivity contribution is 5.66. The molecule has 0 fully saturated rings. The number of halogens is 2. The van der Waals surface area contributed by atoms with E-state index in [1.54, 1.807) is 6.92 Å². The Morgan fingerprint density at radius 2 is 2.00 bits per heavy atom. The minimum Gasteiger partial charge on any atom is -0.481 e. The van der Waals surface area contributed by atoms with Crippen LogP contribution in [0.15, 0.2) is 18.2 Å². The molecule has 0 aliphatic heterocycles. The lowest BCUT2D eigenvalue weighted by atomic mass is 10.1. The van der Waals surface area contributed by atoms with E-state index in [0.29, 0.717) is 13.0 Å². The fraction of sp³-hybridized carbons (Fsp3) is 0.417. The molecule has 0 aliphatic rings. The van der Waals surface area contributed by atoms with Gasteiger partial charge in [0.2, 0.25) is 0 Å². The standard InChI is InChI=1S/C12H15F2NO2/c1-8(15-7-3-6-11(16)17)12-9(13)4-2-5-10(12)14/h2,4-5,8,15H,3,6-7H2,1H3,(H,16,17). The third-order valence-corrected chi connectivity index (χ3v) is 2.45. The molecule has 3 nitrogen and oxygen atoms in total. The first-order chi connectivity index (χ1) is 8.02. The largest absolute Gasteiger partial charge is 0.481 e. The van der Waals surface area contributed by atoms with E-state index in [9.17, 15) is 13.6 Å². The molecule has 5 heteroatoms. The van der Waals surface area contributed by atoms with E-state index in [4.69, 9.17) is 5.11 Å². The first kappa shape index (κ1) is 13.6. The lowest BCUT2D eigenvalue weighted by Crippen LogP contribution is -2.22. The van der Waals surface area contributed by atoms with Gasteiger partial charge >= 0.3 is 5.97 Å². The summed E-state index contributed by atoms with van der Waals surface area (Å²) in [4.78, 5) is 10.3. The van der Waals surface area contributed by atoms with Crippen LogP contribution >= 0.6 is 0 Å². The number of rotatable bonds is 6. The van der Waals surface area contributed by atoms with Crippen LogP contribution in [0.5, 0.6) is 0 Å². The molecular weight excluding hydrogens is 228 g/mol. The number of nitrogens with one attached hydrogen (secondary N) is 1. The average molecular weight is 243 g/mol. The zero-order valence-electron chi connectivity index (χ0n) is 9.54. The van der Waals surface area contributed by atoms with Crippen LogP contribution in [0.3, 0.4) is 0 Å². The van der Waals surface area contributed by atoms with E-state index in [1.807, 2.05) is 0 Å². The molecule has 17 heavy (non-hydrogen) atoms. The molecule has 94 valence electrons.